The standard InChI is InChI=1S/C13H26N2/c1-10-7-12(9-15(10)4)14-11-5-6-13(2,3)8-11/h10-12,14H,5-9H2,1-4H3. The molecule has 2 fully saturated rings. The third kappa shape index (κ3) is 2.73. The van der Waals surface area contributed by atoms with Crippen LogP contribution in [0.2, 0.25) is 0 Å². The summed E-state index contributed by atoms with van der Waals surface area (Å²) < 4.78 is 0. The van der Waals surface area contributed by atoms with Gasteiger partial charge in [-0.1, -0.05) is 13.8 Å². The number of rotatable bonds is 2. The maximum absolute atomic E-state index is 3.85. The maximum atomic E-state index is 3.85. The number of likely N-dealkylation sites (tertiary alicyclic amines) is 1. The van der Waals surface area contributed by atoms with Gasteiger partial charge in [-0.25, -0.2) is 0 Å². The smallest absolute Gasteiger partial charge is 0.0212 e. The van der Waals surface area contributed by atoms with E-state index in [0.717, 1.165) is 18.1 Å². The van der Waals surface area contributed by atoms with Crippen molar-refractivity contribution in [2.75, 3.05) is 13.6 Å². The number of hydrogen-bond donors (Lipinski definition) is 1. The van der Waals surface area contributed by atoms with Gasteiger partial charge in [0.05, 0.1) is 0 Å². The molecule has 2 aliphatic rings. The highest BCUT2D eigenvalue weighted by Gasteiger charge is 2.34. The summed E-state index contributed by atoms with van der Waals surface area (Å²) in [4.78, 5) is 2.47. The SMILES string of the molecule is CC1CC(NC2CCC(C)(C)C2)CN1C. The molecule has 15 heavy (non-hydrogen) atoms. The molecule has 2 rings (SSSR count). The Kier molecular flexibility index (Phi) is 3.09. The molecule has 0 aromatic carbocycles. The van der Waals surface area contributed by atoms with Gasteiger partial charge in [-0.05, 0) is 45.1 Å². The summed E-state index contributed by atoms with van der Waals surface area (Å²) in [5.74, 6) is 0. The van der Waals surface area contributed by atoms with Crippen LogP contribution in [-0.4, -0.2) is 36.6 Å². The van der Waals surface area contributed by atoms with E-state index in [9.17, 15) is 0 Å². The van der Waals surface area contributed by atoms with Gasteiger partial charge in [0.15, 0.2) is 0 Å². The van der Waals surface area contributed by atoms with Gasteiger partial charge in [0.1, 0.15) is 0 Å². The molecule has 0 aromatic rings. The third-order valence-corrected chi connectivity index (χ3v) is 4.33. The quantitative estimate of drug-likeness (QED) is 0.752. The van der Waals surface area contributed by atoms with E-state index in [1.807, 2.05) is 0 Å². The van der Waals surface area contributed by atoms with Crippen molar-refractivity contribution >= 4 is 0 Å². The molecule has 1 aliphatic heterocycles. The minimum atomic E-state index is 0.577. The zero-order chi connectivity index (χ0) is 11.1. The molecule has 1 aliphatic carbocycles. The first-order chi connectivity index (χ1) is 6.96. The van der Waals surface area contributed by atoms with E-state index in [2.05, 4.69) is 38.0 Å². The molecule has 0 amide bonds. The normalized spacial score (nSPS) is 41.2. The molecule has 2 nitrogen and oxygen atoms in total. The summed E-state index contributed by atoms with van der Waals surface area (Å²) in [6.07, 6.45) is 5.46. The monoisotopic (exact) mass is 210 g/mol. The molecular formula is C13H26N2. The lowest BCUT2D eigenvalue weighted by molar-refractivity contribution is 0.321. The van der Waals surface area contributed by atoms with Crippen LogP contribution in [0, 0.1) is 5.41 Å². The van der Waals surface area contributed by atoms with Gasteiger partial charge in [-0.15, -0.1) is 0 Å². The zero-order valence-electron chi connectivity index (χ0n) is 10.7. The van der Waals surface area contributed by atoms with Gasteiger partial charge < -0.3 is 10.2 Å². The van der Waals surface area contributed by atoms with Crippen molar-refractivity contribution in [3.63, 3.8) is 0 Å². The highest BCUT2D eigenvalue weighted by molar-refractivity contribution is 4.92. The first-order valence-corrected chi connectivity index (χ1v) is 6.42. The molecule has 1 saturated heterocycles. The first-order valence-electron chi connectivity index (χ1n) is 6.42. The summed E-state index contributed by atoms with van der Waals surface area (Å²) in [5, 5.41) is 3.85. The average molecular weight is 210 g/mol. The molecule has 1 heterocycles. The lowest BCUT2D eigenvalue weighted by Crippen LogP contribution is -2.38. The van der Waals surface area contributed by atoms with Crippen LogP contribution >= 0.6 is 0 Å². The fourth-order valence-electron chi connectivity index (χ4n) is 3.23. The van der Waals surface area contributed by atoms with Gasteiger partial charge in [-0.2, -0.15) is 0 Å². The molecule has 2 heteroatoms. The summed E-state index contributed by atoms with van der Waals surface area (Å²) in [6.45, 7) is 8.37. The highest BCUT2D eigenvalue weighted by Crippen LogP contribution is 2.37. The Hall–Kier alpha value is -0.0800. The predicted octanol–water partition coefficient (Wildman–Crippen LogP) is 2.25. The van der Waals surface area contributed by atoms with Crippen molar-refractivity contribution in [2.24, 2.45) is 5.41 Å². The fourth-order valence-corrected chi connectivity index (χ4v) is 3.23. The number of likely N-dealkylation sites (N-methyl/N-ethyl adjacent to an activating group) is 1. The van der Waals surface area contributed by atoms with Crippen LogP contribution in [0.15, 0.2) is 0 Å². The molecule has 0 radical (unpaired) electrons. The van der Waals surface area contributed by atoms with Crippen LogP contribution in [0.4, 0.5) is 0 Å². The Bertz CT molecular complexity index is 215. The van der Waals surface area contributed by atoms with Crippen molar-refractivity contribution in [3.05, 3.63) is 0 Å². The van der Waals surface area contributed by atoms with Crippen molar-refractivity contribution in [2.45, 2.75) is 64.6 Å². The molecule has 1 saturated carbocycles. The van der Waals surface area contributed by atoms with Crippen molar-refractivity contribution < 1.29 is 0 Å². The second-order valence-corrected chi connectivity index (χ2v) is 6.49. The Morgan fingerprint density at radius 1 is 1.27 bits per heavy atom. The summed E-state index contributed by atoms with van der Waals surface area (Å²) in [6, 6.07) is 2.28. The van der Waals surface area contributed by atoms with E-state index in [0.29, 0.717) is 5.41 Å². The Morgan fingerprint density at radius 2 is 2.00 bits per heavy atom. The number of nitrogens with zero attached hydrogens (tertiary/aromatic N) is 1. The Balaban J connectivity index is 1.79. The fraction of sp³-hybridized carbons (Fsp3) is 1.00. The van der Waals surface area contributed by atoms with E-state index in [1.165, 1.54) is 32.2 Å². The van der Waals surface area contributed by atoms with Gasteiger partial charge in [0.2, 0.25) is 0 Å². The molecule has 3 atom stereocenters. The van der Waals surface area contributed by atoms with Crippen molar-refractivity contribution in [1.82, 2.24) is 10.2 Å². The van der Waals surface area contributed by atoms with E-state index >= 15 is 0 Å². The second-order valence-electron chi connectivity index (χ2n) is 6.49. The topological polar surface area (TPSA) is 15.3 Å². The minimum Gasteiger partial charge on any atom is -0.310 e. The van der Waals surface area contributed by atoms with Crippen LogP contribution in [0.25, 0.3) is 0 Å². The van der Waals surface area contributed by atoms with Crippen molar-refractivity contribution in [1.29, 1.82) is 0 Å². The molecular weight excluding hydrogens is 184 g/mol. The Labute approximate surface area is 94.4 Å². The lowest BCUT2D eigenvalue weighted by Gasteiger charge is -2.21. The molecule has 0 spiro atoms. The second kappa shape index (κ2) is 4.06. The van der Waals surface area contributed by atoms with Gasteiger partial charge in [0, 0.05) is 24.7 Å². The maximum Gasteiger partial charge on any atom is 0.0212 e. The summed E-state index contributed by atoms with van der Waals surface area (Å²) in [7, 11) is 2.24. The van der Waals surface area contributed by atoms with Crippen LogP contribution in [0.5, 0.6) is 0 Å². The summed E-state index contributed by atoms with van der Waals surface area (Å²) in [5.41, 5.74) is 0.577. The molecule has 0 bridgehead atoms. The molecule has 0 aromatic heterocycles. The molecule has 1 N–H and O–H groups in total. The minimum absolute atomic E-state index is 0.577. The first kappa shape index (κ1) is 11.4. The highest BCUT2D eigenvalue weighted by atomic mass is 15.2. The van der Waals surface area contributed by atoms with Crippen LogP contribution in [0.3, 0.4) is 0 Å². The largest absolute Gasteiger partial charge is 0.310 e. The van der Waals surface area contributed by atoms with Gasteiger partial charge >= 0.3 is 0 Å². The van der Waals surface area contributed by atoms with E-state index in [1.54, 1.807) is 0 Å². The summed E-state index contributed by atoms with van der Waals surface area (Å²) >= 11 is 0. The van der Waals surface area contributed by atoms with E-state index in [-0.39, 0.29) is 0 Å². The predicted molar refractivity (Wildman–Crippen MR) is 65.1 cm³/mol. The van der Waals surface area contributed by atoms with Gasteiger partial charge in [-0.3, -0.25) is 0 Å². The molecule has 3 unspecified atom stereocenters. The zero-order valence-corrected chi connectivity index (χ0v) is 10.7. The lowest BCUT2D eigenvalue weighted by atomic mass is 9.92. The average Bonchev–Trinajstić information content (AvgIpc) is 2.58. The molecule has 88 valence electrons. The number of nitrogens with one attached hydrogen (secondary N) is 1. The van der Waals surface area contributed by atoms with E-state index < -0.39 is 0 Å². The van der Waals surface area contributed by atoms with Gasteiger partial charge in [0.25, 0.3) is 0 Å². The van der Waals surface area contributed by atoms with E-state index in [4.69, 9.17) is 0 Å². The van der Waals surface area contributed by atoms with Crippen LogP contribution in [-0.2, 0) is 0 Å². The third-order valence-electron chi connectivity index (χ3n) is 4.33. The van der Waals surface area contributed by atoms with Crippen molar-refractivity contribution in [3.8, 4) is 0 Å². The number of hydrogen-bond acceptors (Lipinski definition) is 2. The van der Waals surface area contributed by atoms with Crippen LogP contribution in [0.1, 0.15) is 46.5 Å². The Morgan fingerprint density at radius 3 is 2.47 bits per heavy atom. The van der Waals surface area contributed by atoms with Crippen LogP contribution < -0.4 is 5.32 Å².